The van der Waals surface area contributed by atoms with E-state index in [1.54, 1.807) is 12.1 Å². The molecule has 7 heteroatoms. The predicted molar refractivity (Wildman–Crippen MR) is 98.4 cm³/mol. The van der Waals surface area contributed by atoms with Gasteiger partial charge in [0.1, 0.15) is 11.3 Å². The van der Waals surface area contributed by atoms with Gasteiger partial charge in [0, 0.05) is 0 Å². The molecule has 0 saturated heterocycles. The molecule has 1 aromatic rings. The lowest BCUT2D eigenvalue weighted by molar-refractivity contribution is 0.0596. The van der Waals surface area contributed by atoms with Crippen LogP contribution < -0.4 is 4.74 Å². The van der Waals surface area contributed by atoms with Gasteiger partial charge in [0.25, 0.3) is 0 Å². The molecule has 5 nitrogen and oxygen atoms in total. The fourth-order valence-electron chi connectivity index (χ4n) is 3.86. The van der Waals surface area contributed by atoms with Gasteiger partial charge in [0.2, 0.25) is 0 Å². The number of methoxy groups -OCH3 is 2. The van der Waals surface area contributed by atoms with Crippen LogP contribution >= 0.6 is 15.9 Å². The fourth-order valence-corrected chi connectivity index (χ4v) is 6.54. The highest BCUT2D eigenvalue weighted by Crippen LogP contribution is 2.41. The maximum absolute atomic E-state index is 13.1. The Balaban J connectivity index is 1.97. The first kappa shape index (κ1) is 18.5. The lowest BCUT2D eigenvalue weighted by atomic mass is 9.76. The summed E-state index contributed by atoms with van der Waals surface area (Å²) in [7, 11) is -0.689. The number of carbonyl (C=O) groups is 1. The fraction of sp³-hybridized carbons (Fsp3) is 0.500. The largest absolute Gasteiger partial charge is 0.495 e. The van der Waals surface area contributed by atoms with E-state index in [1.807, 2.05) is 6.08 Å². The first-order chi connectivity index (χ1) is 11.9. The van der Waals surface area contributed by atoms with Crippen molar-refractivity contribution in [2.75, 3.05) is 14.2 Å². The van der Waals surface area contributed by atoms with Crippen molar-refractivity contribution in [3.63, 3.8) is 0 Å². The first-order valence-electron chi connectivity index (χ1n) is 8.21. The van der Waals surface area contributed by atoms with Crippen LogP contribution in [-0.4, -0.2) is 33.9 Å². The van der Waals surface area contributed by atoms with Gasteiger partial charge in [0.15, 0.2) is 9.84 Å². The smallest absolute Gasteiger partial charge is 0.342 e. The molecule has 3 aliphatic rings. The van der Waals surface area contributed by atoms with Crippen molar-refractivity contribution >= 4 is 31.7 Å². The molecule has 0 spiro atoms. The second-order valence-electron chi connectivity index (χ2n) is 6.57. The number of rotatable bonds is 5. The standard InChI is InChI=1S/C18H21BrO5S/c1-23-17-14(19)8-7-13(16(17)18(20)24-2)10-25(21,22)15-9-11-3-5-12(15)6-4-11/h3,5,7-8,11-12,15H,4,6,9-10H2,1-2H3. The number of hydrogen-bond acceptors (Lipinski definition) is 5. The van der Waals surface area contributed by atoms with Crippen molar-refractivity contribution in [1.82, 2.24) is 0 Å². The number of ether oxygens (including phenoxy) is 2. The second-order valence-corrected chi connectivity index (χ2v) is 9.65. The van der Waals surface area contributed by atoms with E-state index in [4.69, 9.17) is 9.47 Å². The third kappa shape index (κ3) is 3.49. The molecule has 1 fully saturated rings. The number of carbonyl (C=O) groups excluding carboxylic acids is 1. The highest BCUT2D eigenvalue weighted by Gasteiger charge is 2.40. The third-order valence-corrected chi connectivity index (χ3v) is 7.92. The highest BCUT2D eigenvalue weighted by atomic mass is 79.9. The van der Waals surface area contributed by atoms with Crippen molar-refractivity contribution in [3.05, 3.63) is 39.9 Å². The minimum absolute atomic E-state index is 0.0777. The topological polar surface area (TPSA) is 69.7 Å². The highest BCUT2D eigenvalue weighted by molar-refractivity contribution is 9.10. The number of benzene rings is 1. The van der Waals surface area contributed by atoms with Gasteiger partial charge in [-0.15, -0.1) is 0 Å². The second kappa shape index (κ2) is 7.11. The molecule has 3 unspecified atom stereocenters. The van der Waals surface area contributed by atoms with Crippen molar-refractivity contribution in [2.45, 2.75) is 30.3 Å². The number of sulfone groups is 1. The molecule has 136 valence electrons. The summed E-state index contributed by atoms with van der Waals surface area (Å²) >= 11 is 3.33. The SMILES string of the molecule is COC(=O)c1c(CS(=O)(=O)C2CC3C=CC2CC3)ccc(Br)c1OC. The molecule has 4 rings (SSSR count). The van der Waals surface area contributed by atoms with E-state index in [0.29, 0.717) is 28.1 Å². The van der Waals surface area contributed by atoms with Crippen LogP contribution in [0, 0.1) is 11.8 Å². The Morgan fingerprint density at radius 3 is 2.52 bits per heavy atom. The average Bonchev–Trinajstić information content (AvgIpc) is 2.63. The van der Waals surface area contributed by atoms with Crippen LogP contribution in [0.1, 0.15) is 35.2 Å². The molecule has 2 bridgehead atoms. The normalized spacial score (nSPS) is 25.0. The Morgan fingerprint density at radius 1 is 1.24 bits per heavy atom. The van der Waals surface area contributed by atoms with Crippen LogP contribution in [0.2, 0.25) is 0 Å². The summed E-state index contributed by atoms with van der Waals surface area (Å²) in [5.41, 5.74) is 0.580. The zero-order chi connectivity index (χ0) is 18.2. The summed E-state index contributed by atoms with van der Waals surface area (Å²) in [6.45, 7) is 0. The van der Waals surface area contributed by atoms with Gasteiger partial charge in [-0.3, -0.25) is 0 Å². The van der Waals surface area contributed by atoms with Gasteiger partial charge in [-0.2, -0.15) is 0 Å². The van der Waals surface area contributed by atoms with Crippen molar-refractivity contribution in [3.8, 4) is 5.75 Å². The Labute approximate surface area is 156 Å². The summed E-state index contributed by atoms with van der Waals surface area (Å²) in [5, 5.41) is -0.378. The number of esters is 1. The number of fused-ring (bicyclic) bond motifs is 2. The Kier molecular flexibility index (Phi) is 5.25. The zero-order valence-corrected chi connectivity index (χ0v) is 16.6. The van der Waals surface area contributed by atoms with Crippen LogP contribution in [0.15, 0.2) is 28.8 Å². The van der Waals surface area contributed by atoms with Gasteiger partial charge < -0.3 is 9.47 Å². The molecule has 3 aliphatic carbocycles. The monoisotopic (exact) mass is 428 g/mol. The number of hydrogen-bond donors (Lipinski definition) is 0. The third-order valence-electron chi connectivity index (χ3n) is 5.12. The van der Waals surface area contributed by atoms with E-state index in [9.17, 15) is 13.2 Å². The molecule has 3 atom stereocenters. The molecule has 1 aromatic carbocycles. The summed E-state index contributed by atoms with van der Waals surface area (Å²) in [4.78, 5) is 12.2. The molecular weight excluding hydrogens is 408 g/mol. The lowest BCUT2D eigenvalue weighted by Gasteiger charge is -2.37. The molecule has 0 radical (unpaired) electrons. The zero-order valence-electron chi connectivity index (χ0n) is 14.2. The van der Waals surface area contributed by atoms with Gasteiger partial charge in [0.05, 0.1) is 29.7 Å². The van der Waals surface area contributed by atoms with Crippen molar-refractivity contribution in [2.24, 2.45) is 11.8 Å². The number of halogens is 1. The van der Waals surface area contributed by atoms with E-state index in [2.05, 4.69) is 22.0 Å². The Hall–Kier alpha value is -1.34. The Bertz CT molecular complexity index is 815. The first-order valence-corrected chi connectivity index (χ1v) is 10.7. The quantitative estimate of drug-likeness (QED) is 0.529. The average molecular weight is 429 g/mol. The van der Waals surface area contributed by atoms with E-state index in [0.717, 1.165) is 12.8 Å². The van der Waals surface area contributed by atoms with Crippen LogP contribution in [0.4, 0.5) is 0 Å². The van der Waals surface area contributed by atoms with Gasteiger partial charge in [-0.25, -0.2) is 13.2 Å². The summed E-state index contributed by atoms with van der Waals surface area (Å²) in [6.07, 6.45) is 6.84. The number of allylic oxidation sites excluding steroid dienone is 2. The minimum Gasteiger partial charge on any atom is -0.495 e. The van der Waals surface area contributed by atoms with Gasteiger partial charge in [-0.05, 0) is 58.7 Å². The predicted octanol–water partition coefficient (Wildman–Crippen LogP) is 3.51. The van der Waals surface area contributed by atoms with Crippen LogP contribution in [0.5, 0.6) is 5.75 Å². The molecule has 0 N–H and O–H groups in total. The lowest BCUT2D eigenvalue weighted by Crippen LogP contribution is -2.38. The van der Waals surface area contributed by atoms with E-state index in [-0.39, 0.29) is 22.5 Å². The molecule has 0 aliphatic heterocycles. The summed E-state index contributed by atoms with van der Waals surface area (Å²) in [5.74, 6) is -0.0701. The van der Waals surface area contributed by atoms with E-state index in [1.165, 1.54) is 14.2 Å². The molecule has 0 aromatic heterocycles. The molecule has 0 amide bonds. The van der Waals surface area contributed by atoms with Crippen LogP contribution in [-0.2, 0) is 20.3 Å². The molecule has 1 saturated carbocycles. The van der Waals surface area contributed by atoms with Crippen molar-refractivity contribution in [1.29, 1.82) is 0 Å². The Morgan fingerprint density at radius 2 is 2.00 bits per heavy atom. The molecular formula is C18H21BrO5S. The maximum Gasteiger partial charge on any atom is 0.342 e. The maximum atomic E-state index is 13.1. The van der Waals surface area contributed by atoms with E-state index < -0.39 is 15.8 Å². The summed E-state index contributed by atoms with van der Waals surface area (Å²) in [6, 6.07) is 3.34. The van der Waals surface area contributed by atoms with Crippen LogP contribution in [0.3, 0.4) is 0 Å². The van der Waals surface area contributed by atoms with E-state index >= 15 is 0 Å². The van der Waals surface area contributed by atoms with Crippen LogP contribution in [0.25, 0.3) is 0 Å². The molecule has 0 heterocycles. The minimum atomic E-state index is -3.40. The van der Waals surface area contributed by atoms with Crippen molar-refractivity contribution < 1.29 is 22.7 Å². The molecule has 25 heavy (non-hydrogen) atoms. The summed E-state index contributed by atoms with van der Waals surface area (Å²) < 4.78 is 36.8. The van der Waals surface area contributed by atoms with Gasteiger partial charge in [-0.1, -0.05) is 18.2 Å². The van der Waals surface area contributed by atoms with Gasteiger partial charge >= 0.3 is 5.97 Å².